The Morgan fingerprint density at radius 2 is 1.78 bits per heavy atom. The highest BCUT2D eigenvalue weighted by atomic mass is 32.1. The standard InChI is InChI=1S/C26H28N2O3S/c1-30-20-14-15-22(31-2)18(16-20)17-27-26-24(25(29)28-19-10-6-5-7-11-19)21-12-8-3-4-9-13-23(21)32-26/h5-7,10-11,14-17H,3-4,8-9,12-13H2,1-2H3,(H,28,29). The molecule has 6 heteroatoms. The Bertz CT molecular complexity index is 1110. The highest BCUT2D eigenvalue weighted by molar-refractivity contribution is 7.16. The quantitative estimate of drug-likeness (QED) is 0.442. The van der Waals surface area contributed by atoms with Crippen LogP contribution in [0, 0.1) is 0 Å². The van der Waals surface area contributed by atoms with Crippen LogP contribution < -0.4 is 14.8 Å². The monoisotopic (exact) mass is 448 g/mol. The van der Waals surface area contributed by atoms with Crippen molar-refractivity contribution in [3.63, 3.8) is 0 Å². The summed E-state index contributed by atoms with van der Waals surface area (Å²) in [5.74, 6) is 1.34. The van der Waals surface area contributed by atoms with Crippen LogP contribution in [-0.2, 0) is 12.8 Å². The Morgan fingerprint density at radius 1 is 1.00 bits per heavy atom. The van der Waals surface area contributed by atoms with Crippen LogP contribution in [0.4, 0.5) is 10.7 Å². The number of benzene rings is 2. The van der Waals surface area contributed by atoms with Gasteiger partial charge in [-0.25, -0.2) is 4.99 Å². The predicted octanol–water partition coefficient (Wildman–Crippen LogP) is 6.43. The molecule has 0 atom stereocenters. The van der Waals surface area contributed by atoms with Gasteiger partial charge in [-0.15, -0.1) is 11.3 Å². The smallest absolute Gasteiger partial charge is 0.259 e. The number of fused-ring (bicyclic) bond motifs is 1. The summed E-state index contributed by atoms with van der Waals surface area (Å²) >= 11 is 1.64. The molecule has 1 aromatic heterocycles. The number of nitrogens with one attached hydrogen (secondary N) is 1. The second kappa shape index (κ2) is 10.5. The molecule has 5 nitrogen and oxygen atoms in total. The Kier molecular flexibility index (Phi) is 7.22. The van der Waals surface area contributed by atoms with Crippen molar-refractivity contribution in [1.29, 1.82) is 0 Å². The van der Waals surface area contributed by atoms with E-state index >= 15 is 0 Å². The molecule has 4 rings (SSSR count). The first-order valence-electron chi connectivity index (χ1n) is 11.0. The van der Waals surface area contributed by atoms with Crippen LogP contribution in [0.25, 0.3) is 0 Å². The molecule has 32 heavy (non-hydrogen) atoms. The van der Waals surface area contributed by atoms with Crippen LogP contribution in [-0.4, -0.2) is 26.3 Å². The van der Waals surface area contributed by atoms with Gasteiger partial charge in [0.05, 0.1) is 19.8 Å². The second-order valence-corrected chi connectivity index (χ2v) is 8.87. The number of hydrogen-bond donors (Lipinski definition) is 1. The van der Waals surface area contributed by atoms with Gasteiger partial charge < -0.3 is 14.8 Å². The van der Waals surface area contributed by atoms with Gasteiger partial charge in [0.25, 0.3) is 5.91 Å². The summed E-state index contributed by atoms with van der Waals surface area (Å²) in [5.41, 5.74) is 3.46. The highest BCUT2D eigenvalue weighted by Crippen LogP contribution is 2.39. The lowest BCUT2D eigenvalue weighted by Gasteiger charge is -2.12. The average Bonchev–Trinajstić information content (AvgIpc) is 3.14. The number of carbonyl (C=O) groups excluding carboxylic acids is 1. The Balaban J connectivity index is 1.73. The van der Waals surface area contributed by atoms with E-state index < -0.39 is 0 Å². The van der Waals surface area contributed by atoms with E-state index in [-0.39, 0.29) is 5.91 Å². The van der Waals surface area contributed by atoms with Crippen LogP contribution >= 0.6 is 11.3 Å². The van der Waals surface area contributed by atoms with Crippen molar-refractivity contribution in [2.24, 2.45) is 4.99 Å². The van der Waals surface area contributed by atoms with E-state index in [1.165, 1.54) is 17.7 Å². The van der Waals surface area contributed by atoms with Gasteiger partial charge in [-0.05, 0) is 61.6 Å². The number of aryl methyl sites for hydroxylation is 1. The van der Waals surface area contributed by atoms with Crippen molar-refractivity contribution in [3.8, 4) is 11.5 Å². The summed E-state index contributed by atoms with van der Waals surface area (Å²) in [7, 11) is 3.27. The minimum atomic E-state index is -0.0981. The van der Waals surface area contributed by atoms with E-state index in [4.69, 9.17) is 14.5 Å². The van der Waals surface area contributed by atoms with E-state index in [1.54, 1.807) is 31.8 Å². The van der Waals surface area contributed by atoms with Gasteiger partial charge in [-0.2, -0.15) is 0 Å². The van der Waals surface area contributed by atoms with Crippen molar-refractivity contribution in [1.82, 2.24) is 0 Å². The topological polar surface area (TPSA) is 59.9 Å². The molecule has 0 bridgehead atoms. The normalized spacial score (nSPS) is 13.8. The van der Waals surface area contributed by atoms with Crippen molar-refractivity contribution < 1.29 is 14.3 Å². The lowest BCUT2D eigenvalue weighted by Crippen LogP contribution is -2.14. The number of ether oxygens (including phenoxy) is 2. The second-order valence-electron chi connectivity index (χ2n) is 7.78. The van der Waals surface area contributed by atoms with E-state index in [2.05, 4.69) is 5.32 Å². The van der Waals surface area contributed by atoms with Gasteiger partial charge in [0.1, 0.15) is 16.5 Å². The molecular weight excluding hydrogens is 420 g/mol. The van der Waals surface area contributed by atoms with Crippen molar-refractivity contribution in [3.05, 3.63) is 70.1 Å². The maximum atomic E-state index is 13.4. The van der Waals surface area contributed by atoms with Crippen molar-refractivity contribution >= 4 is 34.1 Å². The van der Waals surface area contributed by atoms with Gasteiger partial charge in [0.15, 0.2) is 0 Å². The van der Waals surface area contributed by atoms with Crippen LogP contribution in [0.1, 0.15) is 52.0 Å². The van der Waals surface area contributed by atoms with Crippen LogP contribution in [0.5, 0.6) is 11.5 Å². The molecular formula is C26H28N2O3S. The Hall–Kier alpha value is -3.12. The Labute approximate surface area is 193 Å². The molecule has 0 radical (unpaired) electrons. The molecule has 2 aromatic carbocycles. The largest absolute Gasteiger partial charge is 0.497 e. The summed E-state index contributed by atoms with van der Waals surface area (Å²) in [6.07, 6.45) is 8.38. The zero-order valence-electron chi connectivity index (χ0n) is 18.5. The van der Waals surface area contributed by atoms with Gasteiger partial charge in [0.2, 0.25) is 0 Å². The minimum Gasteiger partial charge on any atom is -0.497 e. The van der Waals surface area contributed by atoms with Gasteiger partial charge in [0, 0.05) is 22.3 Å². The zero-order chi connectivity index (χ0) is 22.3. The number of rotatable bonds is 6. The molecule has 0 saturated heterocycles. The van der Waals surface area contributed by atoms with Gasteiger partial charge >= 0.3 is 0 Å². The molecule has 0 saturated carbocycles. The van der Waals surface area contributed by atoms with Crippen molar-refractivity contribution in [2.75, 3.05) is 19.5 Å². The summed E-state index contributed by atoms with van der Waals surface area (Å²) in [4.78, 5) is 19.4. The maximum absolute atomic E-state index is 13.4. The fraction of sp³-hybridized carbons (Fsp3) is 0.308. The number of thiophene rings is 1. The number of carbonyl (C=O) groups is 1. The van der Waals surface area contributed by atoms with E-state index in [1.807, 2.05) is 48.5 Å². The molecule has 3 aromatic rings. The molecule has 1 aliphatic carbocycles. The summed E-state index contributed by atoms with van der Waals surface area (Å²) in [6, 6.07) is 15.2. The number of methoxy groups -OCH3 is 2. The van der Waals surface area contributed by atoms with Gasteiger partial charge in [-0.3, -0.25) is 4.79 Å². The predicted molar refractivity (Wildman–Crippen MR) is 131 cm³/mol. The maximum Gasteiger partial charge on any atom is 0.259 e. The number of para-hydroxylation sites is 1. The number of hydrogen-bond acceptors (Lipinski definition) is 5. The minimum absolute atomic E-state index is 0.0981. The molecule has 1 heterocycles. The molecule has 166 valence electrons. The third-order valence-corrected chi connectivity index (χ3v) is 6.87. The summed E-state index contributed by atoms with van der Waals surface area (Å²) < 4.78 is 10.8. The van der Waals surface area contributed by atoms with E-state index in [9.17, 15) is 4.79 Å². The molecule has 0 spiro atoms. The molecule has 0 aliphatic heterocycles. The number of nitrogens with zero attached hydrogens (tertiary/aromatic N) is 1. The first-order valence-corrected chi connectivity index (χ1v) is 11.8. The molecule has 0 fully saturated rings. The number of aliphatic imine (C=N–C) groups is 1. The third-order valence-electron chi connectivity index (χ3n) is 5.67. The SMILES string of the molecule is COc1ccc(OC)c(C=Nc2sc3c(c2C(=O)Nc2ccccc2)CCCCCC3)c1. The van der Waals surface area contributed by atoms with Crippen LogP contribution in [0.2, 0.25) is 0 Å². The van der Waals surface area contributed by atoms with E-state index in [0.717, 1.165) is 53.2 Å². The van der Waals surface area contributed by atoms with E-state index in [0.29, 0.717) is 11.3 Å². The first kappa shape index (κ1) is 22.1. The fourth-order valence-corrected chi connectivity index (χ4v) is 5.24. The fourth-order valence-electron chi connectivity index (χ4n) is 4.01. The third kappa shape index (κ3) is 5.02. The summed E-state index contributed by atoms with van der Waals surface area (Å²) in [6.45, 7) is 0. The van der Waals surface area contributed by atoms with Crippen molar-refractivity contribution in [2.45, 2.75) is 38.5 Å². The highest BCUT2D eigenvalue weighted by Gasteiger charge is 2.24. The molecule has 1 amide bonds. The Morgan fingerprint density at radius 3 is 2.53 bits per heavy atom. The number of amides is 1. The zero-order valence-corrected chi connectivity index (χ0v) is 19.3. The molecule has 1 N–H and O–H groups in total. The lowest BCUT2D eigenvalue weighted by atomic mass is 9.96. The first-order chi connectivity index (χ1) is 15.7. The lowest BCUT2D eigenvalue weighted by molar-refractivity contribution is 0.102. The molecule has 1 aliphatic rings. The molecule has 0 unspecified atom stereocenters. The van der Waals surface area contributed by atoms with Gasteiger partial charge in [-0.1, -0.05) is 31.0 Å². The average molecular weight is 449 g/mol. The van der Waals surface area contributed by atoms with Crippen LogP contribution in [0.3, 0.4) is 0 Å². The van der Waals surface area contributed by atoms with Crippen LogP contribution in [0.15, 0.2) is 53.5 Å². The number of anilines is 1. The summed E-state index contributed by atoms with van der Waals surface area (Å²) in [5, 5.41) is 3.80.